The molecule has 1 saturated carbocycles. The number of carbonyl (C=O) groups is 1. The first-order chi connectivity index (χ1) is 11.5. The first kappa shape index (κ1) is 20.3. The number of benzene rings is 2. The van der Waals surface area contributed by atoms with E-state index >= 15 is 0 Å². The van der Waals surface area contributed by atoms with E-state index in [1.165, 1.54) is 29.2 Å². The van der Waals surface area contributed by atoms with Gasteiger partial charge < -0.3 is 17.7 Å². The molecule has 124 valence electrons. The van der Waals surface area contributed by atoms with Crippen molar-refractivity contribution in [3.63, 3.8) is 0 Å². The molecule has 0 bridgehead atoms. The number of halogens is 1. The number of aromatic nitrogens is 3. The van der Waals surface area contributed by atoms with Gasteiger partial charge in [0.25, 0.3) is 5.97 Å². The molecule has 3 aromatic rings. The molecule has 8 heteroatoms. The van der Waals surface area contributed by atoms with Gasteiger partial charge in [-0.1, -0.05) is 30.3 Å². The fraction of sp³-hybridized carbons (Fsp3) is 0.235. The number of carboxylic acids is 1. The molecule has 2 aromatic carbocycles. The van der Waals surface area contributed by atoms with Gasteiger partial charge in [-0.3, -0.25) is 9.36 Å². The summed E-state index contributed by atoms with van der Waals surface area (Å²) >= 11 is 8.70. The summed E-state index contributed by atoms with van der Waals surface area (Å²) in [7, 11) is 0. The molecule has 0 saturated heterocycles. The number of fused-ring (bicyclic) bond motifs is 1. The average molecular weight is 428 g/mol. The zero-order valence-corrected chi connectivity index (χ0v) is 18.3. The predicted molar refractivity (Wildman–Crippen MR) is 97.5 cm³/mol. The number of aliphatic carboxylic acids is 1. The molecule has 25 heavy (non-hydrogen) atoms. The molecule has 0 atom stereocenters. The monoisotopic (exact) mass is 427 g/mol. The molecule has 0 spiro atoms. The molecule has 1 aromatic heterocycles. The van der Waals surface area contributed by atoms with E-state index in [4.69, 9.17) is 22.5 Å². The van der Waals surface area contributed by atoms with E-state index in [1.807, 2.05) is 4.57 Å². The van der Waals surface area contributed by atoms with E-state index in [1.54, 1.807) is 0 Å². The van der Waals surface area contributed by atoms with Crippen LogP contribution < -0.4 is 29.6 Å². The summed E-state index contributed by atoms with van der Waals surface area (Å²) in [4.78, 5) is 9.00. The van der Waals surface area contributed by atoms with Gasteiger partial charge in [0.1, 0.15) is 0 Å². The maximum Gasteiger partial charge on any atom is 1.00 e. The molecular weight excluding hydrogens is 413 g/mol. The zero-order valence-electron chi connectivity index (χ0n) is 13.9. The fourth-order valence-electron chi connectivity index (χ4n) is 2.71. The van der Waals surface area contributed by atoms with Crippen LogP contribution in [0.25, 0.3) is 16.5 Å². The summed E-state index contributed by atoms with van der Waals surface area (Å²) in [6, 6.07) is 12.8. The van der Waals surface area contributed by atoms with Crippen LogP contribution in [-0.4, -0.2) is 25.8 Å². The smallest absolute Gasteiger partial charge is 0.740 e. The maximum atomic E-state index is 9.00. The largest absolute Gasteiger partial charge is 1.00 e. The third-order valence-corrected chi connectivity index (χ3v) is 4.56. The van der Waals surface area contributed by atoms with Crippen molar-refractivity contribution in [2.45, 2.75) is 30.8 Å². The Morgan fingerprint density at radius 2 is 1.80 bits per heavy atom. The van der Waals surface area contributed by atoms with Crippen LogP contribution in [0.3, 0.4) is 0 Å². The van der Waals surface area contributed by atoms with Crippen molar-refractivity contribution in [3.8, 4) is 5.69 Å². The number of hydrogen-bond acceptors (Lipinski definition) is 4. The first-order valence-electron chi connectivity index (χ1n) is 7.48. The molecule has 0 aliphatic heterocycles. The Morgan fingerprint density at radius 1 is 1.20 bits per heavy atom. The second-order valence-electron chi connectivity index (χ2n) is 5.60. The van der Waals surface area contributed by atoms with Crippen LogP contribution in [0.5, 0.6) is 0 Å². The van der Waals surface area contributed by atoms with Crippen molar-refractivity contribution in [1.29, 1.82) is 0 Å². The van der Waals surface area contributed by atoms with Crippen molar-refractivity contribution < 1.29 is 39.5 Å². The van der Waals surface area contributed by atoms with Crippen molar-refractivity contribution in [2.24, 2.45) is 0 Å². The van der Waals surface area contributed by atoms with Crippen molar-refractivity contribution in [1.82, 2.24) is 14.8 Å². The minimum Gasteiger partial charge on any atom is -0.740 e. The topological polar surface area (TPSA) is 68.0 Å². The molecule has 0 radical (unpaired) electrons. The number of carboxylic acid groups (broad SMARTS) is 1. The maximum absolute atomic E-state index is 9.00. The predicted octanol–water partition coefficient (Wildman–Crippen LogP) is 1.06. The quantitative estimate of drug-likeness (QED) is 0.489. The summed E-state index contributed by atoms with van der Waals surface area (Å²) in [5.74, 6) is -0.110. The molecule has 1 heterocycles. The molecule has 1 aliphatic rings. The molecule has 1 N–H and O–H groups in total. The van der Waals surface area contributed by atoms with Crippen molar-refractivity contribution in [3.05, 3.63) is 46.7 Å². The van der Waals surface area contributed by atoms with Crippen molar-refractivity contribution in [2.75, 3.05) is 0 Å². The summed E-state index contributed by atoms with van der Waals surface area (Å²) in [5.41, 5.74) is 2.48. The standard InChI is InChI=1S/C15H12BrN3S.C2H4O2.Na/c16-14-17-18-15(20)19(14)13-8-7-10(9-5-6-9)11-3-1-2-4-12(11)13;1-2(3)4;/h1-4,7-9H,5-6H2,(H,18,20);1H3,(H,3,4);/q;;+1/p-1. The van der Waals surface area contributed by atoms with Crippen LogP contribution in [0, 0.1) is 0 Å². The van der Waals surface area contributed by atoms with Gasteiger partial charge >= 0.3 is 29.6 Å². The summed E-state index contributed by atoms with van der Waals surface area (Å²) < 4.78 is 2.51. The SMILES string of the molecule is CC(=O)O.[Na+].[S-]c1nnc(Br)n1-c1ccc(C2CC2)c2ccccc12. The molecular formula is C17H15BrN3NaO2S. The van der Waals surface area contributed by atoms with Crippen molar-refractivity contribution >= 4 is 45.3 Å². The van der Waals surface area contributed by atoms with Gasteiger partial charge in [0.05, 0.1) is 5.69 Å². The Hall–Kier alpha value is -0.990. The van der Waals surface area contributed by atoms with Crippen LogP contribution in [0.2, 0.25) is 0 Å². The van der Waals surface area contributed by atoms with Gasteiger partial charge in [-0.05, 0) is 51.7 Å². The van der Waals surface area contributed by atoms with Crippen LogP contribution in [0.4, 0.5) is 0 Å². The Balaban J connectivity index is 0.000000411. The zero-order chi connectivity index (χ0) is 17.3. The minimum atomic E-state index is -0.833. The van der Waals surface area contributed by atoms with Gasteiger partial charge in [0.2, 0.25) is 4.73 Å². The van der Waals surface area contributed by atoms with Gasteiger partial charge in [-0.15, -0.1) is 5.10 Å². The number of nitrogens with zero attached hydrogens (tertiary/aromatic N) is 3. The Kier molecular flexibility index (Phi) is 6.99. The van der Waals surface area contributed by atoms with E-state index in [0.29, 0.717) is 9.89 Å². The van der Waals surface area contributed by atoms with E-state index in [-0.39, 0.29) is 29.6 Å². The third kappa shape index (κ3) is 4.60. The molecule has 4 rings (SSSR count). The van der Waals surface area contributed by atoms with E-state index in [9.17, 15) is 0 Å². The summed E-state index contributed by atoms with van der Waals surface area (Å²) in [6.45, 7) is 1.08. The molecule has 1 aliphatic carbocycles. The summed E-state index contributed by atoms with van der Waals surface area (Å²) in [6.07, 6.45) is 2.60. The minimum absolute atomic E-state index is 0. The van der Waals surface area contributed by atoms with Gasteiger partial charge in [0, 0.05) is 17.5 Å². The second-order valence-corrected chi connectivity index (χ2v) is 6.67. The van der Waals surface area contributed by atoms with E-state index < -0.39 is 5.97 Å². The number of rotatable bonds is 2. The van der Waals surface area contributed by atoms with Crippen LogP contribution in [0.15, 0.2) is 46.3 Å². The molecule has 5 nitrogen and oxygen atoms in total. The van der Waals surface area contributed by atoms with Gasteiger partial charge in [-0.25, -0.2) is 0 Å². The average Bonchev–Trinajstić information content (AvgIpc) is 3.32. The van der Waals surface area contributed by atoms with Gasteiger partial charge in [0.15, 0.2) is 0 Å². The molecule has 0 unspecified atom stereocenters. The summed E-state index contributed by atoms with van der Waals surface area (Å²) in [5, 5.41) is 18.3. The fourth-order valence-corrected chi connectivity index (χ4v) is 3.49. The Bertz CT molecular complexity index is 889. The van der Waals surface area contributed by atoms with Gasteiger partial charge in [-0.2, -0.15) is 5.10 Å². The van der Waals surface area contributed by atoms with Crippen LogP contribution in [0.1, 0.15) is 31.2 Å². The molecule has 0 amide bonds. The Morgan fingerprint density at radius 3 is 2.32 bits per heavy atom. The van der Waals surface area contributed by atoms with E-state index in [0.717, 1.165) is 18.5 Å². The normalized spacial score (nSPS) is 12.9. The Labute approximate surface area is 181 Å². The van der Waals surface area contributed by atoms with E-state index in [2.05, 4.69) is 62.5 Å². The third-order valence-electron chi connectivity index (χ3n) is 3.79. The van der Waals surface area contributed by atoms with Crippen LogP contribution >= 0.6 is 15.9 Å². The first-order valence-corrected chi connectivity index (χ1v) is 8.68. The second kappa shape index (κ2) is 8.60. The van der Waals surface area contributed by atoms with Crippen LogP contribution in [-0.2, 0) is 17.4 Å². The number of hydrogen-bond donors (Lipinski definition) is 1. The molecule has 1 fully saturated rings.